The van der Waals surface area contributed by atoms with Gasteiger partial charge >= 0.3 is 0 Å². The van der Waals surface area contributed by atoms with Crippen molar-refractivity contribution in [3.05, 3.63) is 59.1 Å². The van der Waals surface area contributed by atoms with Crippen LogP contribution in [0, 0.1) is 11.6 Å². The molecule has 0 spiro atoms. The second-order valence-electron chi connectivity index (χ2n) is 6.80. The number of fused-ring (bicyclic) bond motifs is 1. The molecule has 0 N–H and O–H groups in total. The van der Waals surface area contributed by atoms with Crippen LogP contribution >= 0.6 is 23.4 Å². The van der Waals surface area contributed by atoms with Crippen LogP contribution in [0.1, 0.15) is 0 Å². The lowest BCUT2D eigenvalue weighted by Gasteiger charge is -2.24. The third-order valence-electron chi connectivity index (χ3n) is 4.63. The number of nitrogens with zero attached hydrogens (tertiary/aromatic N) is 2. The van der Waals surface area contributed by atoms with E-state index in [1.807, 2.05) is 0 Å². The fourth-order valence-corrected chi connectivity index (χ4v) is 7.39. The van der Waals surface area contributed by atoms with Gasteiger partial charge in [-0.2, -0.15) is 4.99 Å². The standard InChI is InChI=1S/C19H15ClF2N2O4S2/c20-11-1-4-13(5-2-11)28-8-18(25)23-19-24(15-6-3-12(21)7-14(15)22)16-9-30(26,27)10-17(16)29-19/h1-7,16-17H,8-10H2. The van der Waals surface area contributed by atoms with E-state index in [0.29, 0.717) is 16.8 Å². The lowest BCUT2D eigenvalue weighted by atomic mass is 10.2. The third kappa shape index (κ3) is 4.45. The Labute approximate surface area is 180 Å². The fourth-order valence-electron chi connectivity index (χ4n) is 3.34. The molecule has 0 aliphatic carbocycles. The van der Waals surface area contributed by atoms with Crippen molar-refractivity contribution in [2.45, 2.75) is 11.3 Å². The van der Waals surface area contributed by atoms with Crippen LogP contribution in [0.5, 0.6) is 5.75 Å². The van der Waals surface area contributed by atoms with Gasteiger partial charge in [0.15, 0.2) is 21.6 Å². The first kappa shape index (κ1) is 21.1. The fraction of sp³-hybridized carbons (Fsp3) is 0.263. The Balaban J connectivity index is 1.58. The molecule has 2 aliphatic rings. The first-order chi connectivity index (χ1) is 14.2. The Hall–Kier alpha value is -2.17. The number of hydrogen-bond donors (Lipinski definition) is 0. The summed E-state index contributed by atoms with van der Waals surface area (Å²) in [5.41, 5.74) is -0.0290. The van der Waals surface area contributed by atoms with Crippen molar-refractivity contribution in [3.8, 4) is 5.75 Å². The number of rotatable bonds is 4. The van der Waals surface area contributed by atoms with Gasteiger partial charge in [0.2, 0.25) is 0 Å². The van der Waals surface area contributed by atoms with Gasteiger partial charge in [-0.3, -0.25) is 4.79 Å². The maximum Gasteiger partial charge on any atom is 0.285 e. The molecule has 2 unspecified atom stereocenters. The molecule has 11 heteroatoms. The van der Waals surface area contributed by atoms with Crippen LogP contribution < -0.4 is 9.64 Å². The smallest absolute Gasteiger partial charge is 0.285 e. The van der Waals surface area contributed by atoms with E-state index in [1.54, 1.807) is 24.3 Å². The van der Waals surface area contributed by atoms with Crippen LogP contribution in [0.2, 0.25) is 5.02 Å². The topological polar surface area (TPSA) is 76.0 Å². The highest BCUT2D eigenvalue weighted by Gasteiger charge is 2.50. The summed E-state index contributed by atoms with van der Waals surface area (Å²) in [7, 11) is -3.30. The molecule has 30 heavy (non-hydrogen) atoms. The molecule has 0 aromatic heterocycles. The molecule has 6 nitrogen and oxygen atoms in total. The number of thioether (sulfide) groups is 1. The normalized spacial score (nSPS) is 23.6. The molecule has 2 heterocycles. The number of hydrogen-bond acceptors (Lipinski definition) is 5. The number of carbonyl (C=O) groups excluding carboxylic acids is 1. The summed E-state index contributed by atoms with van der Waals surface area (Å²) in [6.45, 7) is -0.362. The van der Waals surface area contributed by atoms with E-state index in [9.17, 15) is 22.0 Å². The minimum Gasteiger partial charge on any atom is -0.484 e. The number of amides is 1. The van der Waals surface area contributed by atoms with Gasteiger partial charge in [-0.05, 0) is 36.4 Å². The molecule has 0 saturated carbocycles. The van der Waals surface area contributed by atoms with E-state index < -0.39 is 38.7 Å². The Kier molecular flexibility index (Phi) is 5.73. The molecule has 2 aliphatic heterocycles. The van der Waals surface area contributed by atoms with Gasteiger partial charge in [0.1, 0.15) is 17.4 Å². The summed E-state index contributed by atoms with van der Waals surface area (Å²) in [6.07, 6.45) is 0. The molecule has 1 amide bonds. The van der Waals surface area contributed by atoms with Crippen LogP contribution in [-0.2, 0) is 14.6 Å². The summed E-state index contributed by atoms with van der Waals surface area (Å²) in [5.74, 6) is -2.12. The Morgan fingerprint density at radius 1 is 1.20 bits per heavy atom. The molecule has 2 atom stereocenters. The highest BCUT2D eigenvalue weighted by molar-refractivity contribution is 8.16. The predicted octanol–water partition coefficient (Wildman–Crippen LogP) is 3.30. The molecule has 2 aromatic rings. The van der Waals surface area contributed by atoms with E-state index in [2.05, 4.69) is 4.99 Å². The lowest BCUT2D eigenvalue weighted by molar-refractivity contribution is -0.119. The van der Waals surface area contributed by atoms with Gasteiger partial charge in [0, 0.05) is 16.3 Å². The van der Waals surface area contributed by atoms with Crippen LogP contribution in [-0.4, -0.2) is 48.9 Å². The Morgan fingerprint density at radius 2 is 1.93 bits per heavy atom. The highest BCUT2D eigenvalue weighted by atomic mass is 35.5. The molecule has 2 fully saturated rings. The zero-order chi connectivity index (χ0) is 21.5. The number of anilines is 1. The third-order valence-corrected chi connectivity index (χ3v) is 8.09. The van der Waals surface area contributed by atoms with Crippen molar-refractivity contribution < 1.29 is 26.7 Å². The van der Waals surface area contributed by atoms with Crippen molar-refractivity contribution in [2.75, 3.05) is 23.0 Å². The number of halogens is 3. The predicted molar refractivity (Wildman–Crippen MR) is 112 cm³/mol. The van der Waals surface area contributed by atoms with Crippen molar-refractivity contribution in [2.24, 2.45) is 4.99 Å². The summed E-state index contributed by atoms with van der Waals surface area (Å²) in [4.78, 5) is 17.7. The first-order valence-corrected chi connectivity index (χ1v) is 11.9. The number of amidine groups is 1. The number of sulfone groups is 1. The van der Waals surface area contributed by atoms with Crippen molar-refractivity contribution in [3.63, 3.8) is 0 Å². The molecule has 0 radical (unpaired) electrons. The average molecular weight is 473 g/mol. The molecular weight excluding hydrogens is 458 g/mol. The van der Waals surface area contributed by atoms with Crippen LogP contribution in [0.25, 0.3) is 0 Å². The number of ether oxygens (including phenoxy) is 1. The number of aliphatic imine (C=N–C) groups is 1. The zero-order valence-electron chi connectivity index (χ0n) is 15.3. The molecular formula is C19H15ClF2N2O4S2. The monoisotopic (exact) mass is 472 g/mol. The molecule has 2 saturated heterocycles. The lowest BCUT2D eigenvalue weighted by Crippen LogP contribution is -2.38. The Morgan fingerprint density at radius 3 is 2.63 bits per heavy atom. The summed E-state index contributed by atoms with van der Waals surface area (Å²) in [6, 6.07) is 8.82. The van der Waals surface area contributed by atoms with Gasteiger partial charge < -0.3 is 9.64 Å². The maximum absolute atomic E-state index is 14.4. The average Bonchev–Trinajstić information content (AvgIpc) is 3.13. The minimum atomic E-state index is -3.30. The van der Waals surface area contributed by atoms with E-state index in [4.69, 9.17) is 16.3 Å². The quantitative estimate of drug-likeness (QED) is 0.679. The molecule has 4 rings (SSSR count). The van der Waals surface area contributed by atoms with E-state index in [0.717, 1.165) is 17.8 Å². The molecule has 2 aromatic carbocycles. The van der Waals surface area contributed by atoms with Gasteiger partial charge in [0.05, 0.1) is 23.2 Å². The van der Waals surface area contributed by atoms with Crippen LogP contribution in [0.3, 0.4) is 0 Å². The molecule has 158 valence electrons. The summed E-state index contributed by atoms with van der Waals surface area (Å²) >= 11 is 6.90. The van der Waals surface area contributed by atoms with Gasteiger partial charge in [-0.15, -0.1) is 0 Å². The van der Waals surface area contributed by atoms with Gasteiger partial charge in [0.25, 0.3) is 5.91 Å². The van der Waals surface area contributed by atoms with Crippen LogP contribution in [0.4, 0.5) is 14.5 Å². The van der Waals surface area contributed by atoms with Crippen molar-refractivity contribution >= 4 is 50.0 Å². The summed E-state index contributed by atoms with van der Waals surface area (Å²) in [5, 5.41) is 0.285. The van der Waals surface area contributed by atoms with E-state index in [-0.39, 0.29) is 29.0 Å². The second-order valence-corrected chi connectivity index (χ2v) is 10.6. The number of benzene rings is 2. The van der Waals surface area contributed by atoms with Crippen LogP contribution in [0.15, 0.2) is 47.5 Å². The largest absolute Gasteiger partial charge is 0.484 e. The highest BCUT2D eigenvalue weighted by Crippen LogP contribution is 2.41. The number of carbonyl (C=O) groups is 1. The minimum absolute atomic E-state index is 0.0290. The van der Waals surface area contributed by atoms with Crippen molar-refractivity contribution in [1.82, 2.24) is 0 Å². The molecule has 0 bridgehead atoms. The first-order valence-electron chi connectivity index (χ1n) is 8.83. The maximum atomic E-state index is 14.4. The zero-order valence-corrected chi connectivity index (χ0v) is 17.7. The van der Waals surface area contributed by atoms with Gasteiger partial charge in [-0.25, -0.2) is 17.2 Å². The van der Waals surface area contributed by atoms with E-state index >= 15 is 0 Å². The summed E-state index contributed by atoms with van der Waals surface area (Å²) < 4.78 is 57.3. The Bertz CT molecular complexity index is 1130. The van der Waals surface area contributed by atoms with Gasteiger partial charge in [-0.1, -0.05) is 23.4 Å². The SMILES string of the molecule is O=C(COc1ccc(Cl)cc1)N=C1SC2CS(=O)(=O)CC2N1c1ccc(F)cc1F. The van der Waals surface area contributed by atoms with Crippen molar-refractivity contribution in [1.29, 1.82) is 0 Å². The van der Waals surface area contributed by atoms with E-state index in [1.165, 1.54) is 11.0 Å². The second kappa shape index (κ2) is 8.16.